The predicted octanol–water partition coefficient (Wildman–Crippen LogP) is 2.71. The third-order valence-corrected chi connectivity index (χ3v) is 3.73. The van der Waals surface area contributed by atoms with E-state index >= 15 is 0 Å². The first kappa shape index (κ1) is 18.8. The van der Waals surface area contributed by atoms with Crippen LogP contribution < -0.4 is 14.9 Å². The molecule has 28 heavy (non-hydrogen) atoms. The first-order valence-corrected chi connectivity index (χ1v) is 8.37. The van der Waals surface area contributed by atoms with E-state index in [0.29, 0.717) is 17.1 Å². The minimum atomic E-state index is -0.467. The molecule has 1 aromatic heterocycles. The highest BCUT2D eigenvalue weighted by molar-refractivity contribution is 5.93. The standard InChI is InChI=1S/C20H18N4O4/c1-13-11-18(23-22-13)19(25)24-21-12-14-3-7-17(8-4-14)28-20(26)15-5-9-16(27-2)10-6-15/h3-12H,1-2H3,(H,22,23)(H,24,25). The molecule has 1 amide bonds. The fourth-order valence-corrected chi connectivity index (χ4v) is 2.27. The van der Waals surface area contributed by atoms with Gasteiger partial charge in [0, 0.05) is 5.69 Å². The Morgan fingerprint density at radius 3 is 2.36 bits per heavy atom. The second-order valence-electron chi connectivity index (χ2n) is 5.82. The lowest BCUT2D eigenvalue weighted by molar-refractivity contribution is 0.0734. The van der Waals surface area contributed by atoms with Crippen LogP contribution in [0.3, 0.4) is 0 Å². The number of hydrogen-bond donors (Lipinski definition) is 2. The molecule has 2 aromatic carbocycles. The number of nitrogens with zero attached hydrogens (tertiary/aromatic N) is 2. The number of aromatic amines is 1. The summed E-state index contributed by atoms with van der Waals surface area (Å²) in [5.74, 6) is 0.181. The Hall–Kier alpha value is -3.94. The third-order valence-electron chi connectivity index (χ3n) is 3.73. The van der Waals surface area contributed by atoms with Gasteiger partial charge >= 0.3 is 5.97 Å². The van der Waals surface area contributed by atoms with Crippen LogP contribution in [0.5, 0.6) is 11.5 Å². The number of rotatable bonds is 6. The van der Waals surface area contributed by atoms with E-state index in [1.165, 1.54) is 6.21 Å². The van der Waals surface area contributed by atoms with Crippen molar-refractivity contribution in [3.8, 4) is 11.5 Å². The molecule has 1 heterocycles. The average Bonchev–Trinajstić information content (AvgIpc) is 3.16. The number of aryl methyl sites for hydroxylation is 1. The molecule has 0 aliphatic carbocycles. The third kappa shape index (κ3) is 4.82. The number of methoxy groups -OCH3 is 1. The summed E-state index contributed by atoms with van der Waals surface area (Å²) in [6.45, 7) is 1.80. The molecular formula is C20H18N4O4. The predicted molar refractivity (Wildman–Crippen MR) is 103 cm³/mol. The van der Waals surface area contributed by atoms with Crippen LogP contribution in [0, 0.1) is 6.92 Å². The minimum absolute atomic E-state index is 0.260. The number of esters is 1. The molecule has 0 aliphatic rings. The van der Waals surface area contributed by atoms with Crippen molar-refractivity contribution in [1.29, 1.82) is 0 Å². The lowest BCUT2D eigenvalue weighted by Crippen LogP contribution is -2.18. The van der Waals surface area contributed by atoms with Gasteiger partial charge in [-0.15, -0.1) is 0 Å². The quantitative estimate of drug-likeness (QED) is 0.297. The van der Waals surface area contributed by atoms with Gasteiger partial charge in [-0.05, 0) is 67.1 Å². The van der Waals surface area contributed by atoms with Crippen molar-refractivity contribution >= 4 is 18.1 Å². The van der Waals surface area contributed by atoms with Crippen LogP contribution in [0.4, 0.5) is 0 Å². The highest BCUT2D eigenvalue weighted by Crippen LogP contribution is 2.16. The van der Waals surface area contributed by atoms with Crippen molar-refractivity contribution < 1.29 is 19.1 Å². The summed E-state index contributed by atoms with van der Waals surface area (Å²) in [5.41, 5.74) is 4.58. The fraction of sp³-hybridized carbons (Fsp3) is 0.100. The maximum absolute atomic E-state index is 12.1. The van der Waals surface area contributed by atoms with Crippen LogP contribution in [0.1, 0.15) is 32.1 Å². The van der Waals surface area contributed by atoms with E-state index in [9.17, 15) is 9.59 Å². The Bertz CT molecular complexity index is 992. The van der Waals surface area contributed by atoms with Crippen LogP contribution in [-0.2, 0) is 0 Å². The van der Waals surface area contributed by atoms with Crippen molar-refractivity contribution in [1.82, 2.24) is 15.6 Å². The van der Waals surface area contributed by atoms with Crippen molar-refractivity contribution in [2.75, 3.05) is 7.11 Å². The highest BCUT2D eigenvalue weighted by atomic mass is 16.5. The second kappa shape index (κ2) is 8.63. The van der Waals surface area contributed by atoms with E-state index < -0.39 is 11.9 Å². The monoisotopic (exact) mass is 378 g/mol. The Morgan fingerprint density at radius 1 is 1.07 bits per heavy atom. The van der Waals surface area contributed by atoms with Crippen molar-refractivity contribution in [3.63, 3.8) is 0 Å². The zero-order valence-electron chi connectivity index (χ0n) is 15.3. The maximum Gasteiger partial charge on any atom is 0.343 e. The van der Waals surface area contributed by atoms with E-state index in [-0.39, 0.29) is 5.69 Å². The Balaban J connectivity index is 1.55. The van der Waals surface area contributed by atoms with Crippen LogP contribution in [-0.4, -0.2) is 35.4 Å². The Labute approximate surface area is 161 Å². The number of ether oxygens (including phenoxy) is 2. The van der Waals surface area contributed by atoms with Crippen LogP contribution >= 0.6 is 0 Å². The molecule has 142 valence electrons. The zero-order valence-corrected chi connectivity index (χ0v) is 15.3. The molecule has 8 heteroatoms. The molecule has 2 N–H and O–H groups in total. The van der Waals surface area contributed by atoms with Crippen LogP contribution in [0.2, 0.25) is 0 Å². The van der Waals surface area contributed by atoms with Gasteiger partial charge in [0.05, 0.1) is 18.9 Å². The molecule has 0 atom stereocenters. The number of carbonyl (C=O) groups excluding carboxylic acids is 2. The number of amides is 1. The van der Waals surface area contributed by atoms with Crippen molar-refractivity contribution in [2.24, 2.45) is 5.10 Å². The molecule has 0 saturated heterocycles. The summed E-state index contributed by atoms with van der Waals surface area (Å²) in [4.78, 5) is 24.0. The number of nitrogens with one attached hydrogen (secondary N) is 2. The molecule has 0 bridgehead atoms. The smallest absolute Gasteiger partial charge is 0.343 e. The molecule has 0 spiro atoms. The molecule has 0 radical (unpaired) electrons. The molecule has 0 unspecified atom stereocenters. The normalized spacial score (nSPS) is 10.6. The first-order valence-electron chi connectivity index (χ1n) is 8.37. The van der Waals surface area contributed by atoms with Gasteiger partial charge in [0.2, 0.25) is 0 Å². The Morgan fingerprint density at radius 2 is 1.75 bits per heavy atom. The fourth-order valence-electron chi connectivity index (χ4n) is 2.27. The van der Waals surface area contributed by atoms with Gasteiger partial charge in [0.25, 0.3) is 5.91 Å². The minimum Gasteiger partial charge on any atom is -0.497 e. The summed E-state index contributed by atoms with van der Waals surface area (Å²) in [7, 11) is 1.56. The number of H-pyrrole nitrogens is 1. The van der Waals surface area contributed by atoms with Gasteiger partial charge < -0.3 is 9.47 Å². The lowest BCUT2D eigenvalue weighted by Gasteiger charge is -2.05. The van der Waals surface area contributed by atoms with Gasteiger partial charge in [0.15, 0.2) is 5.69 Å². The zero-order chi connectivity index (χ0) is 19.9. The van der Waals surface area contributed by atoms with Crippen LogP contribution in [0.25, 0.3) is 0 Å². The SMILES string of the molecule is COc1ccc(C(=O)Oc2ccc(C=NNC(=O)c3cc(C)[nH]n3)cc2)cc1. The molecule has 8 nitrogen and oxygen atoms in total. The second-order valence-corrected chi connectivity index (χ2v) is 5.82. The largest absolute Gasteiger partial charge is 0.497 e. The molecule has 0 saturated carbocycles. The number of aromatic nitrogens is 2. The van der Waals surface area contributed by atoms with Crippen LogP contribution in [0.15, 0.2) is 59.7 Å². The molecule has 0 fully saturated rings. The van der Waals surface area contributed by atoms with E-state index in [1.807, 2.05) is 0 Å². The molecule has 3 rings (SSSR count). The molecule has 3 aromatic rings. The molecular weight excluding hydrogens is 360 g/mol. The number of benzene rings is 2. The average molecular weight is 378 g/mol. The van der Waals surface area contributed by atoms with E-state index in [4.69, 9.17) is 9.47 Å². The topological polar surface area (TPSA) is 106 Å². The maximum atomic E-state index is 12.1. The lowest BCUT2D eigenvalue weighted by atomic mass is 10.2. The van der Waals surface area contributed by atoms with Gasteiger partial charge in [-0.25, -0.2) is 10.2 Å². The van der Waals surface area contributed by atoms with Gasteiger partial charge in [-0.1, -0.05) is 0 Å². The first-order chi connectivity index (χ1) is 13.5. The van der Waals surface area contributed by atoms with Gasteiger partial charge in [0.1, 0.15) is 11.5 Å². The molecule has 0 aliphatic heterocycles. The van der Waals surface area contributed by atoms with Crippen molar-refractivity contribution in [3.05, 3.63) is 77.1 Å². The summed E-state index contributed by atoms with van der Waals surface area (Å²) in [5, 5.41) is 10.4. The van der Waals surface area contributed by atoms with Crippen molar-refractivity contribution in [2.45, 2.75) is 6.92 Å². The summed E-state index contributed by atoms with van der Waals surface area (Å²) in [6.07, 6.45) is 1.48. The van der Waals surface area contributed by atoms with Gasteiger partial charge in [-0.2, -0.15) is 10.2 Å². The number of hydrazone groups is 1. The summed E-state index contributed by atoms with van der Waals surface area (Å²) in [6, 6.07) is 15.0. The number of hydrogen-bond acceptors (Lipinski definition) is 6. The van der Waals surface area contributed by atoms with E-state index in [0.717, 1.165) is 11.3 Å². The van der Waals surface area contributed by atoms with Gasteiger partial charge in [-0.3, -0.25) is 9.89 Å². The Kier molecular flexibility index (Phi) is 5.81. The van der Waals surface area contributed by atoms with E-state index in [1.54, 1.807) is 68.6 Å². The van der Waals surface area contributed by atoms with E-state index in [2.05, 4.69) is 20.7 Å². The summed E-state index contributed by atoms with van der Waals surface area (Å²) >= 11 is 0. The summed E-state index contributed by atoms with van der Waals surface area (Å²) < 4.78 is 10.4. The highest BCUT2D eigenvalue weighted by Gasteiger charge is 2.09. The number of carbonyl (C=O) groups is 2.